The molecule has 0 aromatic heterocycles. The summed E-state index contributed by atoms with van der Waals surface area (Å²) >= 11 is 2.39. The van der Waals surface area contributed by atoms with Gasteiger partial charge in [-0.3, -0.25) is 4.90 Å². The lowest BCUT2D eigenvalue weighted by Gasteiger charge is -2.28. The van der Waals surface area contributed by atoms with Crippen LogP contribution in [0.15, 0.2) is 0 Å². The molecular formula is C16H26INO5. The molecule has 2 saturated heterocycles. The van der Waals surface area contributed by atoms with Gasteiger partial charge in [-0.15, -0.1) is 0 Å². The van der Waals surface area contributed by atoms with Crippen LogP contribution in [0.1, 0.15) is 33.6 Å². The molecule has 2 fully saturated rings. The summed E-state index contributed by atoms with van der Waals surface area (Å²) in [6, 6.07) is -0.715. The number of hydrogen-bond donors (Lipinski definition) is 0. The molecule has 0 saturated carbocycles. The maximum atomic E-state index is 12.5. The predicted molar refractivity (Wildman–Crippen MR) is 93.6 cm³/mol. The van der Waals surface area contributed by atoms with Crippen LogP contribution in [0.25, 0.3) is 0 Å². The number of rotatable bonds is 2. The highest BCUT2D eigenvalue weighted by molar-refractivity contribution is 14.1. The van der Waals surface area contributed by atoms with Crippen molar-refractivity contribution in [1.82, 2.24) is 4.90 Å². The van der Waals surface area contributed by atoms with Crippen LogP contribution < -0.4 is 0 Å². The number of amides is 1. The maximum absolute atomic E-state index is 12.5. The Labute approximate surface area is 151 Å². The van der Waals surface area contributed by atoms with E-state index in [0.717, 1.165) is 17.3 Å². The number of esters is 1. The molecule has 0 spiro atoms. The van der Waals surface area contributed by atoms with E-state index in [1.54, 1.807) is 0 Å². The zero-order valence-electron chi connectivity index (χ0n) is 14.2. The van der Waals surface area contributed by atoms with E-state index in [1.165, 1.54) is 12.0 Å². The largest absolute Gasteiger partial charge is 0.467 e. The molecule has 6 nitrogen and oxygen atoms in total. The van der Waals surface area contributed by atoms with Crippen LogP contribution in [-0.2, 0) is 19.0 Å². The van der Waals surface area contributed by atoms with E-state index >= 15 is 0 Å². The molecule has 0 bridgehead atoms. The smallest absolute Gasteiger partial charge is 0.411 e. The minimum absolute atomic E-state index is 0.147. The molecule has 0 aromatic carbocycles. The number of carbonyl (C=O) groups excluding carboxylic acids is 2. The molecule has 132 valence electrons. The van der Waals surface area contributed by atoms with Gasteiger partial charge in [-0.1, -0.05) is 22.6 Å². The number of nitrogens with zero attached hydrogens (tertiary/aromatic N) is 1. The van der Waals surface area contributed by atoms with E-state index in [1.807, 2.05) is 20.8 Å². The van der Waals surface area contributed by atoms with Crippen LogP contribution in [-0.4, -0.2) is 59.4 Å². The SMILES string of the molecule is COC(=O)[C@@H]1[C@@H]2OCC[C@@H](CI)C[C@H]2CN1C(=O)OC(C)(C)C. The van der Waals surface area contributed by atoms with Gasteiger partial charge < -0.3 is 14.2 Å². The number of ether oxygens (including phenoxy) is 3. The van der Waals surface area contributed by atoms with Gasteiger partial charge in [-0.25, -0.2) is 9.59 Å². The Balaban J connectivity index is 2.21. The number of hydrogen-bond acceptors (Lipinski definition) is 5. The maximum Gasteiger partial charge on any atom is 0.411 e. The number of methoxy groups -OCH3 is 1. The second kappa shape index (κ2) is 7.55. The zero-order valence-corrected chi connectivity index (χ0v) is 16.4. The van der Waals surface area contributed by atoms with Crippen molar-refractivity contribution < 1.29 is 23.8 Å². The van der Waals surface area contributed by atoms with E-state index in [0.29, 0.717) is 19.1 Å². The summed E-state index contributed by atoms with van der Waals surface area (Å²) in [6.45, 7) is 6.54. The van der Waals surface area contributed by atoms with Crippen molar-refractivity contribution in [2.24, 2.45) is 11.8 Å². The van der Waals surface area contributed by atoms with Gasteiger partial charge in [0, 0.05) is 23.5 Å². The lowest BCUT2D eigenvalue weighted by molar-refractivity contribution is -0.150. The number of fused-ring (bicyclic) bond motifs is 1. The van der Waals surface area contributed by atoms with Crippen molar-refractivity contribution in [3.05, 3.63) is 0 Å². The van der Waals surface area contributed by atoms with Gasteiger partial charge in [0.2, 0.25) is 0 Å². The van der Waals surface area contributed by atoms with Crippen LogP contribution in [0.4, 0.5) is 4.79 Å². The molecule has 1 amide bonds. The minimum Gasteiger partial charge on any atom is -0.467 e. The van der Waals surface area contributed by atoms with E-state index in [4.69, 9.17) is 14.2 Å². The summed E-state index contributed by atoms with van der Waals surface area (Å²) in [7, 11) is 1.34. The second-order valence-corrected chi connectivity index (χ2v) is 8.12. The Kier molecular flexibility index (Phi) is 6.16. The zero-order chi connectivity index (χ0) is 17.2. The molecule has 0 radical (unpaired) electrons. The quantitative estimate of drug-likeness (QED) is 0.376. The molecule has 2 aliphatic rings. The number of halogens is 1. The van der Waals surface area contributed by atoms with E-state index in [-0.39, 0.29) is 12.0 Å². The summed E-state index contributed by atoms with van der Waals surface area (Å²) in [4.78, 5) is 26.3. The molecule has 0 aromatic rings. The summed E-state index contributed by atoms with van der Waals surface area (Å²) in [5, 5.41) is 0. The van der Waals surface area contributed by atoms with Crippen molar-refractivity contribution in [2.45, 2.75) is 51.4 Å². The summed E-state index contributed by atoms with van der Waals surface area (Å²) in [6.07, 6.45) is 1.18. The van der Waals surface area contributed by atoms with Crippen LogP contribution in [0.2, 0.25) is 0 Å². The fourth-order valence-corrected chi connectivity index (χ4v) is 4.09. The summed E-state index contributed by atoms with van der Waals surface area (Å²) in [5.74, 6) is 0.271. The first-order chi connectivity index (χ1) is 10.8. The fraction of sp³-hybridized carbons (Fsp3) is 0.875. The highest BCUT2D eigenvalue weighted by atomic mass is 127. The van der Waals surface area contributed by atoms with Gasteiger partial charge in [0.1, 0.15) is 5.60 Å². The minimum atomic E-state index is -0.715. The molecule has 2 heterocycles. The topological polar surface area (TPSA) is 65.1 Å². The molecule has 2 aliphatic heterocycles. The van der Waals surface area contributed by atoms with Crippen molar-refractivity contribution >= 4 is 34.7 Å². The molecular weight excluding hydrogens is 413 g/mol. The number of carbonyl (C=O) groups is 2. The lowest BCUT2D eigenvalue weighted by Crippen LogP contribution is -2.48. The van der Waals surface area contributed by atoms with E-state index < -0.39 is 23.7 Å². The van der Waals surface area contributed by atoms with Crippen LogP contribution in [0.5, 0.6) is 0 Å². The Morgan fingerprint density at radius 2 is 2.04 bits per heavy atom. The monoisotopic (exact) mass is 439 g/mol. The second-order valence-electron chi connectivity index (χ2n) is 7.24. The van der Waals surface area contributed by atoms with Crippen molar-refractivity contribution in [2.75, 3.05) is 24.7 Å². The van der Waals surface area contributed by atoms with Crippen molar-refractivity contribution in [3.8, 4) is 0 Å². The molecule has 4 atom stereocenters. The predicted octanol–water partition coefficient (Wildman–Crippen LogP) is 2.63. The third-order valence-corrected chi connectivity index (χ3v) is 5.55. The number of likely N-dealkylation sites (tertiary alicyclic amines) is 1. The highest BCUT2D eigenvalue weighted by Crippen LogP contribution is 2.36. The summed E-state index contributed by atoms with van der Waals surface area (Å²) in [5.41, 5.74) is -0.603. The van der Waals surface area contributed by atoms with Gasteiger partial charge in [0.25, 0.3) is 0 Å². The Morgan fingerprint density at radius 1 is 1.35 bits per heavy atom. The third-order valence-electron chi connectivity index (χ3n) is 4.30. The number of alkyl halides is 1. The highest BCUT2D eigenvalue weighted by Gasteiger charge is 2.51. The van der Waals surface area contributed by atoms with Gasteiger partial charge >= 0.3 is 12.1 Å². The first-order valence-corrected chi connectivity index (χ1v) is 9.54. The molecule has 2 rings (SSSR count). The van der Waals surface area contributed by atoms with Crippen LogP contribution >= 0.6 is 22.6 Å². The molecule has 0 aliphatic carbocycles. The molecule has 23 heavy (non-hydrogen) atoms. The van der Waals surface area contributed by atoms with Crippen LogP contribution in [0.3, 0.4) is 0 Å². The lowest BCUT2D eigenvalue weighted by atomic mass is 9.91. The Bertz CT molecular complexity index is 450. The van der Waals surface area contributed by atoms with E-state index in [9.17, 15) is 9.59 Å². The molecule has 0 unspecified atom stereocenters. The average Bonchev–Trinajstić information content (AvgIpc) is 2.70. The average molecular weight is 439 g/mol. The Hall–Kier alpha value is -0.570. The summed E-state index contributed by atoms with van der Waals surface area (Å²) < 4.78 is 17.4. The van der Waals surface area contributed by atoms with Gasteiger partial charge in [-0.05, 0) is 39.5 Å². The standard InChI is InChI=1S/C16H26INO5/c1-16(2,3)23-15(20)18-9-11-7-10(8-17)5-6-22-13(11)12(18)14(19)21-4/h10-13H,5-9H2,1-4H3/t10-,11+,12+,13-/m1/s1. The van der Waals surface area contributed by atoms with Crippen LogP contribution in [0, 0.1) is 11.8 Å². The normalized spacial score (nSPS) is 31.3. The fourth-order valence-electron chi connectivity index (χ4n) is 3.29. The van der Waals surface area contributed by atoms with E-state index in [2.05, 4.69) is 22.6 Å². The van der Waals surface area contributed by atoms with Gasteiger partial charge in [-0.2, -0.15) is 0 Å². The first kappa shape index (κ1) is 18.8. The third kappa shape index (κ3) is 4.49. The van der Waals surface area contributed by atoms with Crippen molar-refractivity contribution in [3.63, 3.8) is 0 Å². The Morgan fingerprint density at radius 3 is 2.61 bits per heavy atom. The van der Waals surface area contributed by atoms with Gasteiger partial charge in [0.05, 0.1) is 13.2 Å². The first-order valence-electron chi connectivity index (χ1n) is 8.02. The van der Waals surface area contributed by atoms with Crippen molar-refractivity contribution in [1.29, 1.82) is 0 Å². The molecule has 0 N–H and O–H groups in total. The molecule has 7 heteroatoms. The van der Waals surface area contributed by atoms with Gasteiger partial charge in [0.15, 0.2) is 6.04 Å².